The van der Waals surface area contributed by atoms with E-state index in [1.54, 1.807) is 0 Å². The van der Waals surface area contributed by atoms with Gasteiger partial charge in [-0.05, 0) is 13.0 Å². The molecule has 0 aromatic carbocycles. The van der Waals surface area contributed by atoms with Crippen LogP contribution in [0.15, 0.2) is 5.16 Å². The second-order valence-corrected chi connectivity index (χ2v) is 4.17. The fourth-order valence-electron chi connectivity index (χ4n) is 1.93. The third-order valence-electron chi connectivity index (χ3n) is 2.84. The minimum Gasteiger partial charge on any atom is -0.387 e. The Hall–Kier alpha value is -1.10. The first kappa shape index (κ1) is 10.4. The van der Waals surface area contributed by atoms with E-state index in [4.69, 9.17) is 4.84 Å². The maximum atomic E-state index is 11.6. The van der Waals surface area contributed by atoms with Gasteiger partial charge in [0, 0.05) is 25.9 Å². The Balaban J connectivity index is 1.88. The minimum absolute atomic E-state index is 0.0828. The smallest absolute Gasteiger partial charge is 0.269 e. The molecule has 1 amide bonds. The molecule has 84 valence electrons. The summed E-state index contributed by atoms with van der Waals surface area (Å²) in [6.45, 7) is 4.46. The Bertz CT molecular complexity index is 282. The summed E-state index contributed by atoms with van der Waals surface area (Å²) in [6.07, 6.45) is 2.50. The van der Waals surface area contributed by atoms with Crippen LogP contribution in [0.1, 0.15) is 26.2 Å². The van der Waals surface area contributed by atoms with Crippen molar-refractivity contribution >= 4 is 11.6 Å². The number of amides is 1. The number of hydrogen-bond acceptors (Lipinski definition) is 4. The van der Waals surface area contributed by atoms with E-state index in [9.17, 15) is 4.79 Å². The van der Waals surface area contributed by atoms with Crippen LogP contribution in [0.2, 0.25) is 0 Å². The minimum atomic E-state index is -0.237. The van der Waals surface area contributed by atoms with E-state index < -0.39 is 0 Å². The summed E-state index contributed by atoms with van der Waals surface area (Å²) < 4.78 is 0. The fraction of sp³-hybridized carbons (Fsp3) is 0.800. The first-order valence-electron chi connectivity index (χ1n) is 5.50. The molecular formula is C10H17N3O2. The number of rotatable bonds is 3. The molecule has 2 aliphatic heterocycles. The largest absolute Gasteiger partial charge is 0.387 e. The summed E-state index contributed by atoms with van der Waals surface area (Å²) in [5, 5.41) is 9.93. The molecule has 2 N–H and O–H groups in total. The van der Waals surface area contributed by atoms with Crippen LogP contribution >= 0.6 is 0 Å². The van der Waals surface area contributed by atoms with Gasteiger partial charge in [-0.25, -0.2) is 0 Å². The van der Waals surface area contributed by atoms with Gasteiger partial charge in [-0.15, -0.1) is 0 Å². The van der Waals surface area contributed by atoms with E-state index in [0.29, 0.717) is 18.7 Å². The van der Waals surface area contributed by atoms with Crippen LogP contribution in [0.4, 0.5) is 0 Å². The summed E-state index contributed by atoms with van der Waals surface area (Å²) in [4.78, 5) is 17.0. The Morgan fingerprint density at radius 3 is 3.27 bits per heavy atom. The number of nitrogens with zero attached hydrogens (tertiary/aromatic N) is 1. The van der Waals surface area contributed by atoms with E-state index in [0.717, 1.165) is 25.9 Å². The molecule has 1 fully saturated rings. The van der Waals surface area contributed by atoms with Crippen LogP contribution in [0.5, 0.6) is 0 Å². The molecule has 1 saturated heterocycles. The molecule has 1 spiro atoms. The highest BCUT2D eigenvalue weighted by Gasteiger charge is 2.43. The predicted octanol–water partition coefficient (Wildman–Crippen LogP) is 0.0210. The Morgan fingerprint density at radius 1 is 1.73 bits per heavy atom. The van der Waals surface area contributed by atoms with Crippen molar-refractivity contribution in [2.24, 2.45) is 5.16 Å². The molecule has 0 aliphatic carbocycles. The number of oxime groups is 1. The second-order valence-electron chi connectivity index (χ2n) is 4.17. The van der Waals surface area contributed by atoms with Gasteiger partial charge < -0.3 is 15.5 Å². The SMILES string of the molecule is CCCNC(=O)C1=NO[C@]2(CCNC2)C1. The molecule has 0 aromatic rings. The lowest BCUT2D eigenvalue weighted by molar-refractivity contribution is -0.114. The highest BCUT2D eigenvalue weighted by atomic mass is 16.7. The van der Waals surface area contributed by atoms with E-state index in [1.807, 2.05) is 6.92 Å². The topological polar surface area (TPSA) is 62.7 Å². The van der Waals surface area contributed by atoms with Gasteiger partial charge >= 0.3 is 0 Å². The van der Waals surface area contributed by atoms with E-state index in [2.05, 4.69) is 15.8 Å². The van der Waals surface area contributed by atoms with Gasteiger partial charge in [0.2, 0.25) is 0 Å². The fourth-order valence-corrected chi connectivity index (χ4v) is 1.93. The van der Waals surface area contributed by atoms with Crippen molar-refractivity contribution in [3.05, 3.63) is 0 Å². The summed E-state index contributed by atoms with van der Waals surface area (Å²) in [5.74, 6) is -0.0828. The molecular weight excluding hydrogens is 194 g/mol. The van der Waals surface area contributed by atoms with Gasteiger partial charge in [0.15, 0.2) is 5.60 Å². The van der Waals surface area contributed by atoms with Crippen LogP contribution < -0.4 is 10.6 Å². The van der Waals surface area contributed by atoms with Gasteiger partial charge in [0.25, 0.3) is 5.91 Å². The molecule has 0 radical (unpaired) electrons. The quantitative estimate of drug-likeness (QED) is 0.692. The highest BCUT2D eigenvalue weighted by molar-refractivity contribution is 6.39. The van der Waals surface area contributed by atoms with Crippen LogP contribution in [0.25, 0.3) is 0 Å². The highest BCUT2D eigenvalue weighted by Crippen LogP contribution is 2.29. The van der Waals surface area contributed by atoms with Crippen LogP contribution in [-0.2, 0) is 9.63 Å². The number of hydrogen-bond donors (Lipinski definition) is 2. The third-order valence-corrected chi connectivity index (χ3v) is 2.84. The molecule has 0 aromatic heterocycles. The predicted molar refractivity (Wildman–Crippen MR) is 56.7 cm³/mol. The molecule has 15 heavy (non-hydrogen) atoms. The summed E-state index contributed by atoms with van der Waals surface area (Å²) in [5.41, 5.74) is 0.297. The zero-order valence-corrected chi connectivity index (χ0v) is 9.01. The van der Waals surface area contributed by atoms with Crippen molar-refractivity contribution in [3.63, 3.8) is 0 Å². The average Bonchev–Trinajstić information content (AvgIpc) is 2.86. The molecule has 2 rings (SSSR count). The summed E-state index contributed by atoms with van der Waals surface area (Å²) in [6, 6.07) is 0. The Morgan fingerprint density at radius 2 is 2.60 bits per heavy atom. The van der Waals surface area contributed by atoms with Crippen molar-refractivity contribution in [2.45, 2.75) is 31.8 Å². The first-order valence-corrected chi connectivity index (χ1v) is 5.50. The standard InChI is InChI=1S/C10H17N3O2/c1-2-4-12-9(14)8-6-10(15-13-8)3-5-11-7-10/h11H,2-7H2,1H3,(H,12,14)/t10-/m1/s1. The molecule has 5 nitrogen and oxygen atoms in total. The van der Waals surface area contributed by atoms with E-state index in [-0.39, 0.29) is 11.5 Å². The lowest BCUT2D eigenvalue weighted by Crippen LogP contribution is -2.36. The lowest BCUT2D eigenvalue weighted by atomic mass is 9.96. The van der Waals surface area contributed by atoms with Crippen molar-refractivity contribution < 1.29 is 9.63 Å². The number of carbonyl (C=O) groups excluding carboxylic acids is 1. The summed E-state index contributed by atoms with van der Waals surface area (Å²) >= 11 is 0. The maximum Gasteiger partial charge on any atom is 0.269 e. The van der Waals surface area contributed by atoms with Gasteiger partial charge in [-0.1, -0.05) is 12.1 Å². The number of carbonyl (C=O) groups is 1. The Kier molecular flexibility index (Phi) is 2.90. The van der Waals surface area contributed by atoms with E-state index >= 15 is 0 Å². The molecule has 0 unspecified atom stereocenters. The molecule has 5 heteroatoms. The van der Waals surface area contributed by atoms with Crippen molar-refractivity contribution in [1.29, 1.82) is 0 Å². The van der Waals surface area contributed by atoms with Gasteiger partial charge in [0.1, 0.15) is 5.71 Å². The van der Waals surface area contributed by atoms with E-state index in [1.165, 1.54) is 0 Å². The maximum absolute atomic E-state index is 11.6. The Labute approximate surface area is 89.2 Å². The molecule has 0 bridgehead atoms. The third kappa shape index (κ3) is 2.12. The van der Waals surface area contributed by atoms with Gasteiger partial charge in [0.05, 0.1) is 0 Å². The van der Waals surface area contributed by atoms with Gasteiger partial charge in [-0.3, -0.25) is 4.79 Å². The van der Waals surface area contributed by atoms with Crippen LogP contribution in [0.3, 0.4) is 0 Å². The normalized spacial score (nSPS) is 29.0. The molecule has 2 aliphatic rings. The summed E-state index contributed by atoms with van der Waals surface area (Å²) in [7, 11) is 0. The average molecular weight is 211 g/mol. The van der Waals surface area contributed by atoms with Crippen LogP contribution in [0, 0.1) is 0 Å². The number of nitrogens with one attached hydrogen (secondary N) is 2. The second kappa shape index (κ2) is 4.18. The molecule has 2 heterocycles. The van der Waals surface area contributed by atoms with Crippen LogP contribution in [-0.4, -0.2) is 36.9 Å². The zero-order chi connectivity index (χ0) is 10.7. The zero-order valence-electron chi connectivity index (χ0n) is 9.01. The first-order chi connectivity index (χ1) is 7.26. The molecule has 1 atom stereocenters. The monoisotopic (exact) mass is 211 g/mol. The van der Waals surface area contributed by atoms with Gasteiger partial charge in [-0.2, -0.15) is 0 Å². The van der Waals surface area contributed by atoms with Crippen molar-refractivity contribution in [1.82, 2.24) is 10.6 Å². The lowest BCUT2D eigenvalue weighted by Gasteiger charge is -2.18. The molecule has 0 saturated carbocycles. The van der Waals surface area contributed by atoms with Crippen molar-refractivity contribution in [2.75, 3.05) is 19.6 Å². The van der Waals surface area contributed by atoms with Crippen molar-refractivity contribution in [3.8, 4) is 0 Å².